The molecule has 3 aromatic heterocycles. The average Bonchev–Trinajstić information content (AvgIpc) is 3.93. The van der Waals surface area contributed by atoms with Crippen molar-refractivity contribution < 1.29 is 0 Å². The highest BCUT2D eigenvalue weighted by molar-refractivity contribution is 6.26. The summed E-state index contributed by atoms with van der Waals surface area (Å²) < 4.78 is 7.44. The second kappa shape index (κ2) is 12.8. The fraction of sp³-hybridized carbons (Fsp3) is 0.0545. The molecule has 12 rings (SSSR count). The molecular weight excluding hydrogens is 703 g/mol. The van der Waals surface area contributed by atoms with Gasteiger partial charge in [0.25, 0.3) is 0 Å². The normalized spacial score (nSPS) is 13.2. The largest absolute Gasteiger partial charge is 0.309 e. The van der Waals surface area contributed by atoms with Gasteiger partial charge in [0.15, 0.2) is 0 Å². The van der Waals surface area contributed by atoms with Crippen LogP contribution in [-0.2, 0) is 0 Å². The molecule has 0 atom stereocenters. The first kappa shape index (κ1) is 32.8. The molecule has 58 heavy (non-hydrogen) atoms. The molecule has 0 aliphatic heterocycles. The van der Waals surface area contributed by atoms with Gasteiger partial charge in [0.05, 0.1) is 33.1 Å². The summed E-state index contributed by atoms with van der Waals surface area (Å²) in [5, 5.41) is 7.59. The Balaban J connectivity index is 1.11. The van der Waals surface area contributed by atoms with Gasteiger partial charge in [-0.15, -0.1) is 0 Å². The van der Waals surface area contributed by atoms with Crippen LogP contribution in [0.15, 0.2) is 194 Å². The van der Waals surface area contributed by atoms with Gasteiger partial charge in [0.1, 0.15) is 0 Å². The summed E-state index contributed by atoms with van der Waals surface area (Å²) in [6.45, 7) is 2.31. The van der Waals surface area contributed by atoms with Crippen molar-refractivity contribution in [2.75, 3.05) is 0 Å². The van der Waals surface area contributed by atoms with E-state index in [0.29, 0.717) is 0 Å². The number of fused-ring (bicyclic) bond motifs is 10. The molecule has 274 valence electrons. The van der Waals surface area contributed by atoms with Crippen LogP contribution in [0.1, 0.15) is 24.0 Å². The summed E-state index contributed by atoms with van der Waals surface area (Å²) in [4.78, 5) is 0. The quantitative estimate of drug-likeness (QED) is 0.167. The maximum Gasteiger partial charge on any atom is 0.0641 e. The minimum Gasteiger partial charge on any atom is -0.309 e. The predicted molar refractivity (Wildman–Crippen MR) is 246 cm³/mol. The minimum atomic E-state index is 1.10. The van der Waals surface area contributed by atoms with Crippen LogP contribution in [0, 0.1) is 6.92 Å². The summed E-state index contributed by atoms with van der Waals surface area (Å²) in [5.74, 6) is 0. The van der Waals surface area contributed by atoms with Crippen LogP contribution in [-0.4, -0.2) is 13.7 Å². The summed E-state index contributed by atoms with van der Waals surface area (Å²) in [6, 6.07) is 64.8. The zero-order valence-corrected chi connectivity index (χ0v) is 32.2. The third-order valence-corrected chi connectivity index (χ3v) is 12.4. The lowest BCUT2D eigenvalue weighted by Gasteiger charge is -2.14. The summed E-state index contributed by atoms with van der Waals surface area (Å²) in [5.41, 5.74) is 17.1. The number of allylic oxidation sites excluding steroid dienone is 4. The molecule has 0 amide bonds. The van der Waals surface area contributed by atoms with Gasteiger partial charge < -0.3 is 13.7 Å². The summed E-state index contributed by atoms with van der Waals surface area (Å²) in [7, 11) is 0. The van der Waals surface area contributed by atoms with Crippen molar-refractivity contribution in [3.8, 4) is 28.2 Å². The first-order chi connectivity index (χ1) is 28.7. The van der Waals surface area contributed by atoms with E-state index in [2.05, 4.69) is 215 Å². The fourth-order valence-corrected chi connectivity index (χ4v) is 9.86. The smallest absolute Gasteiger partial charge is 0.0641 e. The van der Waals surface area contributed by atoms with Crippen LogP contribution in [0.5, 0.6) is 0 Å². The molecular formula is C55H39N3. The molecule has 3 heteroatoms. The molecule has 0 fully saturated rings. The van der Waals surface area contributed by atoms with Crippen molar-refractivity contribution in [3.05, 3.63) is 205 Å². The SMILES string of the molecule is Cc1c(-n2c3ccccc3c3c2ccc2c4ccccc4n(-c4ccc(C5=CCCC=C5)cc4)c23)ccc2c1c1ccccc1n2-c1cccc(-c2ccccc2)c1. The Morgan fingerprint density at radius 1 is 0.397 bits per heavy atom. The van der Waals surface area contributed by atoms with Crippen molar-refractivity contribution in [2.24, 2.45) is 0 Å². The summed E-state index contributed by atoms with van der Waals surface area (Å²) in [6.07, 6.45) is 9.11. The van der Waals surface area contributed by atoms with Gasteiger partial charge in [-0.25, -0.2) is 0 Å². The Labute approximate surface area is 336 Å². The molecule has 1 aliphatic rings. The van der Waals surface area contributed by atoms with E-state index in [4.69, 9.17) is 0 Å². The van der Waals surface area contributed by atoms with Crippen LogP contribution in [0.2, 0.25) is 0 Å². The van der Waals surface area contributed by atoms with Crippen molar-refractivity contribution in [3.63, 3.8) is 0 Å². The van der Waals surface area contributed by atoms with Crippen LogP contribution >= 0.6 is 0 Å². The van der Waals surface area contributed by atoms with Crippen molar-refractivity contribution in [1.82, 2.24) is 13.7 Å². The number of hydrogen-bond donors (Lipinski definition) is 0. The number of hydrogen-bond acceptors (Lipinski definition) is 0. The molecule has 0 radical (unpaired) electrons. The minimum absolute atomic E-state index is 1.10. The van der Waals surface area contributed by atoms with E-state index in [1.54, 1.807) is 0 Å². The van der Waals surface area contributed by atoms with Crippen molar-refractivity contribution in [1.29, 1.82) is 0 Å². The molecule has 3 nitrogen and oxygen atoms in total. The number of benzene rings is 8. The van der Waals surface area contributed by atoms with Gasteiger partial charge in [-0.05, 0) is 108 Å². The van der Waals surface area contributed by atoms with Crippen molar-refractivity contribution in [2.45, 2.75) is 19.8 Å². The Bertz CT molecular complexity index is 3500. The zero-order chi connectivity index (χ0) is 38.3. The lowest BCUT2D eigenvalue weighted by Crippen LogP contribution is -1.99. The highest BCUT2D eigenvalue weighted by Gasteiger charge is 2.23. The van der Waals surface area contributed by atoms with E-state index in [0.717, 1.165) is 18.5 Å². The van der Waals surface area contributed by atoms with Gasteiger partial charge in [0, 0.05) is 49.4 Å². The number of aromatic nitrogens is 3. The summed E-state index contributed by atoms with van der Waals surface area (Å²) >= 11 is 0. The first-order valence-electron chi connectivity index (χ1n) is 20.3. The molecule has 3 heterocycles. The van der Waals surface area contributed by atoms with Crippen LogP contribution in [0.25, 0.3) is 99.2 Å². The Morgan fingerprint density at radius 3 is 1.79 bits per heavy atom. The predicted octanol–water partition coefficient (Wildman–Crippen LogP) is 14.7. The zero-order valence-electron chi connectivity index (χ0n) is 32.2. The Morgan fingerprint density at radius 2 is 1.03 bits per heavy atom. The van der Waals surface area contributed by atoms with E-state index in [-0.39, 0.29) is 0 Å². The van der Waals surface area contributed by atoms with Gasteiger partial charge in [-0.3, -0.25) is 0 Å². The lowest BCUT2D eigenvalue weighted by molar-refractivity contribution is 1.04. The number of aryl methyl sites for hydroxylation is 1. The van der Waals surface area contributed by atoms with Gasteiger partial charge in [-0.1, -0.05) is 133 Å². The number of nitrogens with zero attached hydrogens (tertiary/aromatic N) is 3. The first-order valence-corrected chi connectivity index (χ1v) is 20.3. The molecule has 11 aromatic rings. The number of rotatable bonds is 5. The maximum absolute atomic E-state index is 2.51. The topological polar surface area (TPSA) is 14.8 Å². The van der Waals surface area contributed by atoms with Crippen LogP contribution in [0.4, 0.5) is 0 Å². The monoisotopic (exact) mass is 741 g/mol. The molecule has 0 spiro atoms. The van der Waals surface area contributed by atoms with Crippen LogP contribution < -0.4 is 0 Å². The second-order valence-electron chi connectivity index (χ2n) is 15.6. The third kappa shape index (κ3) is 4.80. The Hall–Kier alpha value is -7.36. The Kier molecular flexibility index (Phi) is 7.27. The van der Waals surface area contributed by atoms with Gasteiger partial charge >= 0.3 is 0 Å². The van der Waals surface area contributed by atoms with Gasteiger partial charge in [0.2, 0.25) is 0 Å². The highest BCUT2D eigenvalue weighted by Crippen LogP contribution is 2.44. The number of para-hydroxylation sites is 3. The third-order valence-electron chi connectivity index (χ3n) is 12.4. The second-order valence-corrected chi connectivity index (χ2v) is 15.6. The highest BCUT2D eigenvalue weighted by atomic mass is 15.0. The van der Waals surface area contributed by atoms with Crippen LogP contribution in [0.3, 0.4) is 0 Å². The average molecular weight is 742 g/mol. The molecule has 0 unspecified atom stereocenters. The fourth-order valence-electron chi connectivity index (χ4n) is 9.86. The molecule has 0 bridgehead atoms. The van der Waals surface area contributed by atoms with Crippen molar-refractivity contribution >= 4 is 71.0 Å². The van der Waals surface area contributed by atoms with E-state index in [9.17, 15) is 0 Å². The van der Waals surface area contributed by atoms with Gasteiger partial charge in [-0.2, -0.15) is 0 Å². The van der Waals surface area contributed by atoms with E-state index in [1.165, 1.54) is 105 Å². The standard InChI is InChI=1S/C55H39N3/c1-36-47(33-34-51-53(36)45-22-9-12-25-49(45)56(51)42-20-14-19-40(35-42)38-17-6-3-7-18-38)58-50-26-13-10-23-46(50)54-52(58)32-31-44-43-21-8-11-24-48(43)57(55(44)54)41-29-27-39(28-30-41)37-15-4-2-5-16-37/h3-4,6-35H,2,5H2,1H3. The molecule has 0 saturated carbocycles. The molecule has 0 N–H and O–H groups in total. The van der Waals surface area contributed by atoms with E-state index >= 15 is 0 Å². The molecule has 0 saturated heterocycles. The van der Waals surface area contributed by atoms with E-state index in [1.807, 2.05) is 0 Å². The molecule has 1 aliphatic carbocycles. The van der Waals surface area contributed by atoms with E-state index < -0.39 is 0 Å². The lowest BCUT2D eigenvalue weighted by atomic mass is 9.99. The maximum atomic E-state index is 2.51. The molecule has 8 aromatic carbocycles.